The number of esters is 1. The summed E-state index contributed by atoms with van der Waals surface area (Å²) in [6.07, 6.45) is 2.95. The number of ether oxygens (including phenoxy) is 4. The quantitative estimate of drug-likeness (QED) is 0.155. The zero-order valence-electron chi connectivity index (χ0n) is 22.8. The van der Waals surface area contributed by atoms with Crippen LogP contribution in [0.25, 0.3) is 0 Å². The van der Waals surface area contributed by atoms with Crippen molar-refractivity contribution in [2.24, 2.45) is 5.41 Å². The summed E-state index contributed by atoms with van der Waals surface area (Å²) < 4.78 is 21.6. The highest BCUT2D eigenvalue weighted by atomic mass is 16.7. The molecule has 3 atom stereocenters. The fourth-order valence-electron chi connectivity index (χ4n) is 2.50. The van der Waals surface area contributed by atoms with E-state index in [4.69, 9.17) is 18.9 Å². The topological polar surface area (TPSA) is 120 Å². The van der Waals surface area contributed by atoms with Gasteiger partial charge in [0.2, 0.25) is 5.91 Å². The second-order valence-corrected chi connectivity index (χ2v) is 10.2. The molecule has 3 unspecified atom stereocenters. The minimum absolute atomic E-state index is 0.0305. The highest BCUT2D eigenvalue weighted by Gasteiger charge is 2.30. The number of nitrogens with one attached hydrogen (secondary N) is 1. The van der Waals surface area contributed by atoms with E-state index in [0.717, 1.165) is 19.1 Å². The van der Waals surface area contributed by atoms with E-state index in [0.29, 0.717) is 26.1 Å². The number of carbonyl (C=O) groups excluding carboxylic acids is 3. The first-order valence-corrected chi connectivity index (χ1v) is 12.0. The number of aldehydes is 1. The molecule has 202 valence electrons. The fourth-order valence-corrected chi connectivity index (χ4v) is 2.50. The summed E-state index contributed by atoms with van der Waals surface area (Å²) in [5, 5.41) is 11.9. The molecule has 34 heavy (non-hydrogen) atoms. The normalized spacial score (nSPS) is 14.3. The van der Waals surface area contributed by atoms with Gasteiger partial charge in [-0.3, -0.25) is 4.79 Å². The van der Waals surface area contributed by atoms with Crippen LogP contribution in [0.3, 0.4) is 0 Å². The number of amides is 1. The molecule has 0 aliphatic heterocycles. The maximum Gasteiger partial charge on any atom is 0.328 e. The number of hydrogen-bond acceptors (Lipinski definition) is 8. The van der Waals surface area contributed by atoms with Crippen molar-refractivity contribution in [3.63, 3.8) is 0 Å². The fraction of sp³-hybridized carbons (Fsp3) is 0.880. The molecule has 0 aliphatic rings. The van der Waals surface area contributed by atoms with Crippen molar-refractivity contribution >= 4 is 18.2 Å². The molecule has 1 amide bonds. The third-order valence-corrected chi connectivity index (χ3v) is 4.43. The number of hydrogen-bond donors (Lipinski definition) is 2. The Morgan fingerprint density at radius 2 is 1.71 bits per heavy atom. The van der Waals surface area contributed by atoms with Gasteiger partial charge in [-0.1, -0.05) is 34.1 Å². The lowest BCUT2D eigenvalue weighted by molar-refractivity contribution is -0.250. The van der Waals surface area contributed by atoms with Gasteiger partial charge in [0.05, 0.1) is 31.5 Å². The van der Waals surface area contributed by atoms with E-state index in [9.17, 15) is 19.5 Å². The first-order chi connectivity index (χ1) is 15.7. The van der Waals surface area contributed by atoms with E-state index < -0.39 is 18.3 Å². The molecule has 0 radical (unpaired) electrons. The first-order valence-electron chi connectivity index (χ1n) is 12.0. The van der Waals surface area contributed by atoms with Gasteiger partial charge >= 0.3 is 5.97 Å². The standard InChI is InChI=1S/C13H28O4.C12H21NO4/c1-12(2,3)10(8-14)16-11(9-15-7)17-13(4,5)6;1-3-4-9-17-12(16)10(2)13-11(15)7-5-6-8-14/h10-11,14H,8-9H2,1-7H3;8,10H,3-7,9H2,1-2H3,(H,13,15). The molecule has 0 rings (SSSR count). The van der Waals surface area contributed by atoms with E-state index in [-0.39, 0.29) is 36.1 Å². The van der Waals surface area contributed by atoms with Crippen LogP contribution < -0.4 is 5.32 Å². The van der Waals surface area contributed by atoms with E-state index in [1.807, 2.05) is 48.5 Å². The minimum Gasteiger partial charge on any atom is -0.464 e. The minimum atomic E-state index is -0.629. The van der Waals surface area contributed by atoms with E-state index in [1.165, 1.54) is 0 Å². The zero-order valence-corrected chi connectivity index (χ0v) is 22.8. The van der Waals surface area contributed by atoms with Gasteiger partial charge in [0.15, 0.2) is 6.29 Å². The maximum atomic E-state index is 11.4. The lowest BCUT2D eigenvalue weighted by Gasteiger charge is -2.35. The van der Waals surface area contributed by atoms with E-state index in [1.54, 1.807) is 14.0 Å². The van der Waals surface area contributed by atoms with Gasteiger partial charge in [0.25, 0.3) is 0 Å². The zero-order chi connectivity index (χ0) is 26.8. The van der Waals surface area contributed by atoms with Crippen LogP contribution >= 0.6 is 0 Å². The molecular formula is C25H49NO8. The molecule has 9 nitrogen and oxygen atoms in total. The Morgan fingerprint density at radius 3 is 2.15 bits per heavy atom. The monoisotopic (exact) mass is 491 g/mol. The van der Waals surface area contributed by atoms with Gasteiger partial charge in [0.1, 0.15) is 12.3 Å². The highest BCUT2D eigenvalue weighted by Crippen LogP contribution is 2.24. The summed E-state index contributed by atoms with van der Waals surface area (Å²) in [5.74, 6) is -0.644. The van der Waals surface area contributed by atoms with Crippen LogP contribution in [0.2, 0.25) is 0 Å². The molecule has 0 aromatic rings. The first kappa shape index (κ1) is 34.6. The molecule has 0 aromatic carbocycles. The maximum absolute atomic E-state index is 11.4. The van der Waals surface area contributed by atoms with Crippen molar-refractivity contribution in [3.8, 4) is 0 Å². The van der Waals surface area contributed by atoms with Gasteiger partial charge in [-0.15, -0.1) is 0 Å². The summed E-state index contributed by atoms with van der Waals surface area (Å²) >= 11 is 0. The van der Waals surface area contributed by atoms with Crippen molar-refractivity contribution in [2.45, 2.75) is 112 Å². The lowest BCUT2D eigenvalue weighted by atomic mass is 9.89. The number of methoxy groups -OCH3 is 1. The highest BCUT2D eigenvalue weighted by molar-refractivity contribution is 5.84. The number of rotatable bonds is 15. The van der Waals surface area contributed by atoms with Gasteiger partial charge in [-0.25, -0.2) is 4.79 Å². The molecule has 0 spiro atoms. The molecule has 0 heterocycles. The molecule has 0 aromatic heterocycles. The molecule has 9 heteroatoms. The summed E-state index contributed by atoms with van der Waals surface area (Å²) in [4.78, 5) is 32.8. The second-order valence-electron chi connectivity index (χ2n) is 10.2. The van der Waals surface area contributed by atoms with Gasteiger partial charge in [0, 0.05) is 20.0 Å². The number of carbonyl (C=O) groups is 3. The Bertz CT molecular complexity index is 554. The van der Waals surface area contributed by atoms with Crippen molar-refractivity contribution < 1.29 is 38.4 Å². The molecular weight excluding hydrogens is 442 g/mol. The van der Waals surface area contributed by atoms with Crippen LogP contribution in [0.4, 0.5) is 0 Å². The van der Waals surface area contributed by atoms with Crippen LogP contribution in [0.15, 0.2) is 0 Å². The van der Waals surface area contributed by atoms with Crippen molar-refractivity contribution in [2.75, 3.05) is 26.9 Å². The van der Waals surface area contributed by atoms with Gasteiger partial charge in [-0.2, -0.15) is 0 Å². The van der Waals surface area contributed by atoms with E-state index >= 15 is 0 Å². The van der Waals surface area contributed by atoms with Crippen LogP contribution in [0.5, 0.6) is 0 Å². The van der Waals surface area contributed by atoms with Crippen molar-refractivity contribution in [1.82, 2.24) is 5.32 Å². The molecule has 2 N–H and O–H groups in total. The Labute approximate surface area is 206 Å². The largest absolute Gasteiger partial charge is 0.464 e. The predicted molar refractivity (Wildman–Crippen MR) is 131 cm³/mol. The molecule has 0 saturated heterocycles. The van der Waals surface area contributed by atoms with Crippen LogP contribution in [-0.2, 0) is 33.3 Å². The van der Waals surface area contributed by atoms with E-state index in [2.05, 4.69) is 5.32 Å². The van der Waals surface area contributed by atoms with Gasteiger partial charge in [-0.05, 0) is 46.0 Å². The number of aliphatic hydroxyl groups excluding tert-OH is 1. The average molecular weight is 492 g/mol. The Kier molecular flexibility index (Phi) is 19.1. The molecule has 0 saturated carbocycles. The van der Waals surface area contributed by atoms with Crippen molar-refractivity contribution in [3.05, 3.63) is 0 Å². The van der Waals surface area contributed by atoms with Gasteiger partial charge < -0.3 is 34.2 Å². The number of aliphatic hydroxyl groups is 1. The third kappa shape index (κ3) is 19.9. The third-order valence-electron chi connectivity index (χ3n) is 4.43. The Balaban J connectivity index is 0. The predicted octanol–water partition coefficient (Wildman–Crippen LogP) is 3.40. The molecule has 0 aliphatic carbocycles. The average Bonchev–Trinajstić information content (AvgIpc) is 2.70. The lowest BCUT2D eigenvalue weighted by Crippen LogP contribution is -2.41. The van der Waals surface area contributed by atoms with Crippen LogP contribution in [0, 0.1) is 5.41 Å². The SMILES string of the molecule is CCCCOC(=O)C(C)NC(=O)CCCC=O.COCC(OC(CO)C(C)(C)C)OC(C)(C)C. The Hall–Kier alpha value is -1.55. The van der Waals surface area contributed by atoms with Crippen molar-refractivity contribution in [1.29, 1.82) is 0 Å². The summed E-state index contributed by atoms with van der Waals surface area (Å²) in [7, 11) is 1.60. The second kappa shape index (κ2) is 18.7. The summed E-state index contributed by atoms with van der Waals surface area (Å²) in [6.45, 7) is 16.3. The Morgan fingerprint density at radius 1 is 1.09 bits per heavy atom. The van der Waals surface area contributed by atoms with Crippen LogP contribution in [-0.4, -0.2) is 74.2 Å². The van der Waals surface area contributed by atoms with Crippen LogP contribution in [0.1, 0.15) is 87.5 Å². The number of unbranched alkanes of at least 4 members (excludes halogenated alkanes) is 2. The molecule has 0 bridgehead atoms. The summed E-state index contributed by atoms with van der Waals surface area (Å²) in [5.41, 5.74) is -0.441. The summed E-state index contributed by atoms with van der Waals surface area (Å²) in [6, 6.07) is -0.629. The molecule has 0 fully saturated rings. The smallest absolute Gasteiger partial charge is 0.328 e.